The summed E-state index contributed by atoms with van der Waals surface area (Å²) in [7, 11) is 2.96. The highest BCUT2D eigenvalue weighted by molar-refractivity contribution is 5.75. The van der Waals surface area contributed by atoms with Crippen LogP contribution in [0.4, 0.5) is 0 Å². The monoisotopic (exact) mass is 203 g/mol. The topological polar surface area (TPSA) is 59.0 Å². The van der Waals surface area contributed by atoms with Crippen LogP contribution in [-0.4, -0.2) is 49.0 Å². The molecule has 5 heteroatoms. The van der Waals surface area contributed by atoms with Gasteiger partial charge in [0.25, 0.3) is 0 Å². The molecule has 1 rings (SSSR count). The molecule has 0 aromatic rings. The normalized spacial score (nSPS) is 20.5. The van der Waals surface area contributed by atoms with Gasteiger partial charge in [0.15, 0.2) is 0 Å². The Balaban J connectivity index is 2.44. The molecule has 0 aromatic heterocycles. The Morgan fingerprint density at radius 3 is 2.64 bits per heavy atom. The summed E-state index contributed by atoms with van der Waals surface area (Å²) in [5, 5.41) is 11.1. The molecule has 1 heterocycles. The molecular weight excluding hydrogens is 186 g/mol. The summed E-state index contributed by atoms with van der Waals surface area (Å²) in [6, 6.07) is 0. The zero-order valence-electron chi connectivity index (χ0n) is 8.65. The largest absolute Gasteiger partial charge is 0.389 e. The van der Waals surface area contributed by atoms with Crippen molar-refractivity contribution in [3.05, 3.63) is 0 Å². The van der Waals surface area contributed by atoms with Crippen LogP contribution < -0.4 is 0 Å². The molecular formula is C9H17NO4. The number of hydroxylamine groups is 2. The van der Waals surface area contributed by atoms with E-state index in [1.165, 1.54) is 14.2 Å². The van der Waals surface area contributed by atoms with Gasteiger partial charge in [0.2, 0.25) is 5.91 Å². The van der Waals surface area contributed by atoms with Gasteiger partial charge in [-0.05, 0) is 0 Å². The third kappa shape index (κ3) is 2.94. The Bertz CT molecular complexity index is 201. The number of aliphatic hydroxyl groups is 1. The molecule has 5 nitrogen and oxygen atoms in total. The van der Waals surface area contributed by atoms with Crippen molar-refractivity contribution in [2.75, 3.05) is 27.4 Å². The molecule has 14 heavy (non-hydrogen) atoms. The number of carbonyl (C=O) groups excluding carboxylic acids is 1. The van der Waals surface area contributed by atoms with Crippen LogP contribution in [0.3, 0.4) is 0 Å². The van der Waals surface area contributed by atoms with Crippen molar-refractivity contribution < 1.29 is 19.5 Å². The van der Waals surface area contributed by atoms with E-state index in [1.54, 1.807) is 0 Å². The van der Waals surface area contributed by atoms with Crippen LogP contribution >= 0.6 is 0 Å². The Morgan fingerprint density at radius 2 is 2.14 bits per heavy atom. The molecule has 1 saturated heterocycles. The fourth-order valence-electron chi connectivity index (χ4n) is 1.42. The minimum absolute atomic E-state index is 0.0979. The Morgan fingerprint density at radius 1 is 1.57 bits per heavy atom. The van der Waals surface area contributed by atoms with Crippen molar-refractivity contribution in [2.45, 2.75) is 24.9 Å². The van der Waals surface area contributed by atoms with Crippen LogP contribution in [0.2, 0.25) is 0 Å². The SMILES string of the molecule is CON(C)C(=O)CC1(O)CCOCC1. The molecule has 0 atom stereocenters. The fraction of sp³-hybridized carbons (Fsp3) is 0.889. The molecule has 1 N–H and O–H groups in total. The molecule has 0 radical (unpaired) electrons. The molecule has 1 aliphatic heterocycles. The van der Waals surface area contributed by atoms with Crippen molar-refractivity contribution in [3.8, 4) is 0 Å². The Labute approximate surface area is 83.5 Å². The first kappa shape index (κ1) is 11.4. The number of rotatable bonds is 3. The number of ether oxygens (including phenoxy) is 1. The highest BCUT2D eigenvalue weighted by atomic mass is 16.7. The molecule has 0 saturated carbocycles. The summed E-state index contributed by atoms with van der Waals surface area (Å²) in [5.41, 5.74) is -0.915. The summed E-state index contributed by atoms with van der Waals surface area (Å²) < 4.78 is 5.12. The average Bonchev–Trinajstić information content (AvgIpc) is 2.17. The first-order valence-electron chi connectivity index (χ1n) is 4.68. The van der Waals surface area contributed by atoms with Crippen LogP contribution in [0.15, 0.2) is 0 Å². The van der Waals surface area contributed by atoms with Crippen molar-refractivity contribution in [1.29, 1.82) is 0 Å². The van der Waals surface area contributed by atoms with E-state index in [-0.39, 0.29) is 12.3 Å². The van der Waals surface area contributed by atoms with E-state index in [4.69, 9.17) is 9.57 Å². The maximum Gasteiger partial charge on any atom is 0.248 e. The van der Waals surface area contributed by atoms with Gasteiger partial charge in [-0.25, -0.2) is 5.06 Å². The van der Waals surface area contributed by atoms with Gasteiger partial charge in [-0.2, -0.15) is 0 Å². The molecule has 0 spiro atoms. The number of amides is 1. The molecule has 0 aromatic carbocycles. The Hall–Kier alpha value is -0.650. The number of carbonyl (C=O) groups is 1. The smallest absolute Gasteiger partial charge is 0.248 e. The van der Waals surface area contributed by atoms with Crippen molar-refractivity contribution in [1.82, 2.24) is 5.06 Å². The third-order valence-corrected chi connectivity index (χ3v) is 2.53. The fourth-order valence-corrected chi connectivity index (χ4v) is 1.42. The average molecular weight is 203 g/mol. The highest BCUT2D eigenvalue weighted by Crippen LogP contribution is 2.24. The number of hydrogen-bond acceptors (Lipinski definition) is 4. The lowest BCUT2D eigenvalue weighted by molar-refractivity contribution is -0.176. The second-order valence-corrected chi connectivity index (χ2v) is 3.59. The lowest BCUT2D eigenvalue weighted by atomic mass is 9.90. The van der Waals surface area contributed by atoms with Crippen molar-refractivity contribution >= 4 is 5.91 Å². The molecule has 1 aliphatic rings. The van der Waals surface area contributed by atoms with Gasteiger partial charge in [0.05, 0.1) is 19.1 Å². The van der Waals surface area contributed by atoms with E-state index in [9.17, 15) is 9.90 Å². The van der Waals surface area contributed by atoms with E-state index in [1.807, 2.05) is 0 Å². The van der Waals surface area contributed by atoms with Crippen LogP contribution in [0.25, 0.3) is 0 Å². The first-order chi connectivity index (χ1) is 6.57. The minimum Gasteiger partial charge on any atom is -0.389 e. The van der Waals surface area contributed by atoms with Gasteiger partial charge in [-0.1, -0.05) is 0 Å². The van der Waals surface area contributed by atoms with Gasteiger partial charge >= 0.3 is 0 Å². The van der Waals surface area contributed by atoms with Crippen molar-refractivity contribution in [3.63, 3.8) is 0 Å². The van der Waals surface area contributed by atoms with E-state index >= 15 is 0 Å². The minimum atomic E-state index is -0.915. The molecule has 0 unspecified atom stereocenters. The van der Waals surface area contributed by atoms with Crippen molar-refractivity contribution in [2.24, 2.45) is 0 Å². The second kappa shape index (κ2) is 4.72. The maximum absolute atomic E-state index is 11.4. The van der Waals surface area contributed by atoms with Gasteiger partial charge < -0.3 is 9.84 Å². The predicted octanol–water partition coefficient (Wildman–Crippen LogP) is -0.0622. The zero-order valence-corrected chi connectivity index (χ0v) is 8.65. The van der Waals surface area contributed by atoms with Crippen LogP contribution in [0.5, 0.6) is 0 Å². The summed E-state index contributed by atoms with van der Waals surface area (Å²) in [6.07, 6.45) is 1.12. The van der Waals surface area contributed by atoms with Gasteiger partial charge in [0.1, 0.15) is 0 Å². The summed E-state index contributed by atoms with van der Waals surface area (Å²) >= 11 is 0. The van der Waals surface area contributed by atoms with Crippen LogP contribution in [0.1, 0.15) is 19.3 Å². The maximum atomic E-state index is 11.4. The zero-order chi connectivity index (χ0) is 10.6. The van der Waals surface area contributed by atoms with Crippen LogP contribution in [0, 0.1) is 0 Å². The highest BCUT2D eigenvalue weighted by Gasteiger charge is 2.33. The summed E-state index contributed by atoms with van der Waals surface area (Å²) in [6.45, 7) is 1.03. The van der Waals surface area contributed by atoms with Gasteiger partial charge in [-0.15, -0.1) is 0 Å². The molecule has 0 bridgehead atoms. The lowest BCUT2D eigenvalue weighted by Gasteiger charge is -2.32. The molecule has 82 valence electrons. The predicted molar refractivity (Wildman–Crippen MR) is 49.4 cm³/mol. The van der Waals surface area contributed by atoms with Gasteiger partial charge in [-0.3, -0.25) is 9.63 Å². The number of nitrogens with zero attached hydrogens (tertiary/aromatic N) is 1. The van der Waals surface area contributed by atoms with E-state index in [0.717, 1.165) is 5.06 Å². The lowest BCUT2D eigenvalue weighted by Crippen LogP contribution is -2.41. The van der Waals surface area contributed by atoms with E-state index in [0.29, 0.717) is 26.1 Å². The molecule has 1 amide bonds. The second-order valence-electron chi connectivity index (χ2n) is 3.59. The Kier molecular flexibility index (Phi) is 3.86. The standard InChI is InChI=1S/C9H17NO4/c1-10(13-2)8(11)7-9(12)3-5-14-6-4-9/h12H,3-7H2,1-2H3. The van der Waals surface area contributed by atoms with E-state index < -0.39 is 5.60 Å². The molecule has 1 fully saturated rings. The van der Waals surface area contributed by atoms with E-state index in [2.05, 4.69) is 0 Å². The van der Waals surface area contributed by atoms with Gasteiger partial charge in [0, 0.05) is 33.1 Å². The third-order valence-electron chi connectivity index (χ3n) is 2.53. The first-order valence-corrected chi connectivity index (χ1v) is 4.68. The van der Waals surface area contributed by atoms with Crippen LogP contribution in [-0.2, 0) is 14.4 Å². The quantitative estimate of drug-likeness (QED) is 0.653. The summed E-state index contributed by atoms with van der Waals surface area (Å²) in [5.74, 6) is -0.211. The number of hydrogen-bond donors (Lipinski definition) is 1. The summed E-state index contributed by atoms with van der Waals surface area (Å²) in [4.78, 5) is 16.2. The molecule has 0 aliphatic carbocycles.